The van der Waals surface area contributed by atoms with Crippen LogP contribution in [0.25, 0.3) is 5.69 Å². The number of nitrogens with one attached hydrogen (secondary N) is 1. The van der Waals surface area contributed by atoms with Gasteiger partial charge in [-0.1, -0.05) is 23.4 Å². The molecule has 0 fully saturated rings. The minimum absolute atomic E-state index is 0.159. The summed E-state index contributed by atoms with van der Waals surface area (Å²) in [5.41, 5.74) is 2.59. The average molecular weight is 348 g/mol. The molecule has 0 aliphatic rings. The number of aryl methyl sites for hydroxylation is 1. The number of carbonyl (C=O) groups is 1. The van der Waals surface area contributed by atoms with Crippen molar-refractivity contribution in [1.82, 2.24) is 24.7 Å². The van der Waals surface area contributed by atoms with Gasteiger partial charge >= 0.3 is 0 Å². The van der Waals surface area contributed by atoms with Crippen LogP contribution in [0.5, 0.6) is 0 Å². The SMILES string of the molecule is Cc1cc(C(=O)Nc2ccnn2Cc2cnn(-c3ccccc3)c2)on1. The number of carbonyl (C=O) groups excluding carboxylic acids is 1. The maximum atomic E-state index is 12.2. The zero-order chi connectivity index (χ0) is 17.9. The van der Waals surface area contributed by atoms with Gasteiger partial charge in [0.05, 0.1) is 30.3 Å². The molecule has 4 rings (SSSR count). The van der Waals surface area contributed by atoms with Crippen LogP contribution in [-0.2, 0) is 6.54 Å². The lowest BCUT2D eigenvalue weighted by Crippen LogP contribution is -2.15. The highest BCUT2D eigenvalue weighted by Gasteiger charge is 2.14. The Morgan fingerprint density at radius 2 is 2.04 bits per heavy atom. The number of nitrogens with zero attached hydrogens (tertiary/aromatic N) is 5. The summed E-state index contributed by atoms with van der Waals surface area (Å²) in [7, 11) is 0. The summed E-state index contributed by atoms with van der Waals surface area (Å²) >= 11 is 0. The molecule has 8 heteroatoms. The number of amides is 1. The van der Waals surface area contributed by atoms with Gasteiger partial charge in [-0.25, -0.2) is 9.36 Å². The van der Waals surface area contributed by atoms with Crippen molar-refractivity contribution < 1.29 is 9.32 Å². The molecule has 26 heavy (non-hydrogen) atoms. The number of aromatic nitrogens is 5. The lowest BCUT2D eigenvalue weighted by Gasteiger charge is -2.06. The van der Waals surface area contributed by atoms with Crippen LogP contribution in [0.15, 0.2) is 65.6 Å². The smallest absolute Gasteiger partial charge is 0.295 e. The normalized spacial score (nSPS) is 10.8. The number of hydrogen-bond acceptors (Lipinski definition) is 5. The van der Waals surface area contributed by atoms with Crippen LogP contribution >= 0.6 is 0 Å². The predicted molar refractivity (Wildman–Crippen MR) is 94.1 cm³/mol. The van der Waals surface area contributed by atoms with E-state index >= 15 is 0 Å². The van der Waals surface area contributed by atoms with E-state index in [1.165, 1.54) is 0 Å². The van der Waals surface area contributed by atoms with E-state index in [0.717, 1.165) is 11.3 Å². The van der Waals surface area contributed by atoms with Gasteiger partial charge in [0, 0.05) is 23.9 Å². The van der Waals surface area contributed by atoms with E-state index in [0.29, 0.717) is 18.1 Å². The summed E-state index contributed by atoms with van der Waals surface area (Å²) in [6.07, 6.45) is 5.34. The quantitative estimate of drug-likeness (QED) is 0.599. The Hall–Kier alpha value is -3.68. The first-order chi connectivity index (χ1) is 12.7. The molecule has 1 N–H and O–H groups in total. The van der Waals surface area contributed by atoms with E-state index in [1.807, 2.05) is 36.5 Å². The highest BCUT2D eigenvalue weighted by Crippen LogP contribution is 2.14. The molecule has 0 saturated carbocycles. The zero-order valence-corrected chi connectivity index (χ0v) is 14.0. The van der Waals surface area contributed by atoms with Gasteiger partial charge in [0.15, 0.2) is 0 Å². The molecule has 0 spiro atoms. The minimum atomic E-state index is -0.368. The van der Waals surface area contributed by atoms with Crippen molar-refractivity contribution >= 4 is 11.7 Å². The third-order valence-electron chi connectivity index (χ3n) is 3.80. The Morgan fingerprint density at radius 3 is 2.81 bits per heavy atom. The van der Waals surface area contributed by atoms with Gasteiger partial charge in [0.25, 0.3) is 5.91 Å². The molecular weight excluding hydrogens is 332 g/mol. The molecule has 0 saturated heterocycles. The zero-order valence-electron chi connectivity index (χ0n) is 14.0. The molecule has 3 aromatic heterocycles. The van der Waals surface area contributed by atoms with Gasteiger partial charge in [-0.3, -0.25) is 4.79 Å². The summed E-state index contributed by atoms with van der Waals surface area (Å²) in [4.78, 5) is 12.2. The summed E-state index contributed by atoms with van der Waals surface area (Å²) < 4.78 is 8.47. The molecule has 130 valence electrons. The molecule has 0 bridgehead atoms. The maximum Gasteiger partial charge on any atom is 0.295 e. The average Bonchev–Trinajstić information content (AvgIpc) is 3.38. The molecule has 0 radical (unpaired) electrons. The van der Waals surface area contributed by atoms with Crippen LogP contribution in [0.2, 0.25) is 0 Å². The topological polar surface area (TPSA) is 90.8 Å². The standard InChI is InChI=1S/C18H16N6O2/c1-13-9-16(26-22-13)18(25)21-17-7-8-19-24(17)12-14-10-20-23(11-14)15-5-3-2-4-6-15/h2-11H,12H2,1H3,(H,21,25). The summed E-state index contributed by atoms with van der Waals surface area (Å²) in [5, 5.41) is 15.1. The van der Waals surface area contributed by atoms with Crippen LogP contribution in [0, 0.1) is 6.92 Å². The van der Waals surface area contributed by atoms with Crippen molar-refractivity contribution in [2.45, 2.75) is 13.5 Å². The minimum Gasteiger partial charge on any atom is -0.351 e. The molecule has 0 atom stereocenters. The van der Waals surface area contributed by atoms with Crippen molar-refractivity contribution in [3.05, 3.63) is 78.1 Å². The van der Waals surface area contributed by atoms with Gasteiger partial charge in [-0.15, -0.1) is 0 Å². The molecule has 1 aromatic carbocycles. The highest BCUT2D eigenvalue weighted by atomic mass is 16.5. The van der Waals surface area contributed by atoms with Gasteiger partial charge < -0.3 is 9.84 Å². The fourth-order valence-corrected chi connectivity index (χ4v) is 2.55. The number of para-hydroxylation sites is 1. The Bertz CT molecular complexity index is 1030. The van der Waals surface area contributed by atoms with Gasteiger partial charge in [-0.2, -0.15) is 10.2 Å². The fraction of sp³-hybridized carbons (Fsp3) is 0.111. The second kappa shape index (κ2) is 6.67. The molecule has 0 aliphatic heterocycles. The van der Waals surface area contributed by atoms with E-state index in [-0.39, 0.29) is 11.7 Å². The maximum absolute atomic E-state index is 12.2. The van der Waals surface area contributed by atoms with E-state index in [2.05, 4.69) is 20.7 Å². The van der Waals surface area contributed by atoms with Gasteiger partial charge in [0.2, 0.25) is 5.76 Å². The van der Waals surface area contributed by atoms with Crippen molar-refractivity contribution in [2.75, 3.05) is 5.32 Å². The number of benzene rings is 1. The van der Waals surface area contributed by atoms with Crippen molar-refractivity contribution in [1.29, 1.82) is 0 Å². The Morgan fingerprint density at radius 1 is 1.19 bits per heavy atom. The Kier molecular flexibility index (Phi) is 4.06. The Labute approximate surface area is 149 Å². The molecule has 3 heterocycles. The Balaban J connectivity index is 1.49. The van der Waals surface area contributed by atoms with Gasteiger partial charge in [0.1, 0.15) is 5.82 Å². The monoisotopic (exact) mass is 348 g/mol. The van der Waals surface area contributed by atoms with Crippen LogP contribution in [0.4, 0.5) is 5.82 Å². The second-order valence-electron chi connectivity index (χ2n) is 5.79. The van der Waals surface area contributed by atoms with E-state index < -0.39 is 0 Å². The largest absolute Gasteiger partial charge is 0.351 e. The fourth-order valence-electron chi connectivity index (χ4n) is 2.55. The van der Waals surface area contributed by atoms with Crippen molar-refractivity contribution in [2.24, 2.45) is 0 Å². The lowest BCUT2D eigenvalue weighted by molar-refractivity contribution is 0.0987. The van der Waals surface area contributed by atoms with Crippen molar-refractivity contribution in [3.8, 4) is 5.69 Å². The van der Waals surface area contributed by atoms with E-state index in [9.17, 15) is 4.79 Å². The van der Waals surface area contributed by atoms with Crippen molar-refractivity contribution in [3.63, 3.8) is 0 Å². The first-order valence-electron chi connectivity index (χ1n) is 8.04. The molecule has 0 aliphatic carbocycles. The molecule has 0 unspecified atom stereocenters. The third-order valence-corrected chi connectivity index (χ3v) is 3.80. The highest BCUT2D eigenvalue weighted by molar-refractivity contribution is 6.01. The second-order valence-corrected chi connectivity index (χ2v) is 5.79. The van der Waals surface area contributed by atoms with E-state index in [4.69, 9.17) is 4.52 Å². The molecule has 1 amide bonds. The van der Waals surface area contributed by atoms with Crippen LogP contribution in [0.1, 0.15) is 21.8 Å². The van der Waals surface area contributed by atoms with E-state index in [1.54, 1.807) is 40.8 Å². The number of anilines is 1. The van der Waals surface area contributed by atoms with Crippen LogP contribution in [-0.4, -0.2) is 30.6 Å². The summed E-state index contributed by atoms with van der Waals surface area (Å²) in [5.74, 6) is 0.357. The lowest BCUT2D eigenvalue weighted by atomic mass is 10.3. The van der Waals surface area contributed by atoms with Crippen LogP contribution < -0.4 is 5.32 Å². The van der Waals surface area contributed by atoms with Crippen LogP contribution in [0.3, 0.4) is 0 Å². The molecule has 4 aromatic rings. The predicted octanol–water partition coefficient (Wildman–Crippen LogP) is 2.67. The summed E-state index contributed by atoms with van der Waals surface area (Å²) in [6.45, 7) is 2.24. The molecular formula is C18H16N6O2. The first kappa shape index (κ1) is 15.8. The molecule has 8 nitrogen and oxygen atoms in total. The third kappa shape index (κ3) is 3.25. The number of hydrogen-bond donors (Lipinski definition) is 1. The first-order valence-corrected chi connectivity index (χ1v) is 8.04. The number of rotatable bonds is 5. The summed E-state index contributed by atoms with van der Waals surface area (Å²) in [6, 6.07) is 13.2. The van der Waals surface area contributed by atoms with Gasteiger partial charge in [-0.05, 0) is 19.1 Å².